The molecule has 0 radical (unpaired) electrons. The smallest absolute Gasteiger partial charge is 0.329 e. The Hall–Kier alpha value is -2.90. The molecule has 146 valence electrons. The van der Waals surface area contributed by atoms with Crippen LogP contribution in [0.2, 0.25) is 0 Å². The molecule has 0 bridgehead atoms. The van der Waals surface area contributed by atoms with Crippen molar-refractivity contribution in [1.82, 2.24) is 15.5 Å². The third-order valence-electron chi connectivity index (χ3n) is 4.25. The van der Waals surface area contributed by atoms with Gasteiger partial charge in [-0.15, -0.1) is 0 Å². The highest BCUT2D eigenvalue weighted by Crippen LogP contribution is 2.11. The molecule has 0 aliphatic carbocycles. The van der Waals surface area contributed by atoms with Gasteiger partial charge in [0.15, 0.2) is 6.10 Å². The molecule has 8 nitrogen and oxygen atoms in total. The van der Waals surface area contributed by atoms with Crippen LogP contribution in [0.4, 0.5) is 4.79 Å². The van der Waals surface area contributed by atoms with Crippen molar-refractivity contribution in [2.45, 2.75) is 39.8 Å². The average molecular weight is 375 g/mol. The fourth-order valence-corrected chi connectivity index (χ4v) is 2.71. The Morgan fingerprint density at radius 2 is 1.93 bits per heavy atom. The summed E-state index contributed by atoms with van der Waals surface area (Å²) in [6.07, 6.45) is -1.13. The standard InChI is InChI=1S/C19H25N3O5/c1-11(2)15(21-16(23)14-7-5-6-12(3)10-14)18(25)27-13(4)17(24)22-9-8-20-19(22)26/h5-7,10-11,13,15H,8-9H2,1-4H3,(H,20,26)(H,21,23)/t13?,15-/m0/s1. The Balaban J connectivity index is 2.02. The van der Waals surface area contributed by atoms with Crippen molar-refractivity contribution in [3.8, 4) is 0 Å². The first kappa shape index (κ1) is 20.4. The Labute approximate surface area is 158 Å². The van der Waals surface area contributed by atoms with Gasteiger partial charge >= 0.3 is 12.0 Å². The predicted octanol–water partition coefficient (Wildman–Crippen LogP) is 1.23. The van der Waals surface area contributed by atoms with E-state index in [4.69, 9.17) is 4.74 Å². The van der Waals surface area contributed by atoms with Crippen molar-refractivity contribution in [2.75, 3.05) is 13.1 Å². The van der Waals surface area contributed by atoms with Crippen LogP contribution >= 0.6 is 0 Å². The predicted molar refractivity (Wildman–Crippen MR) is 97.9 cm³/mol. The summed E-state index contributed by atoms with van der Waals surface area (Å²) in [7, 11) is 0. The molecule has 1 aromatic carbocycles. The molecule has 1 aromatic rings. The van der Waals surface area contributed by atoms with E-state index in [1.165, 1.54) is 6.92 Å². The summed E-state index contributed by atoms with van der Waals surface area (Å²) < 4.78 is 5.23. The molecule has 2 atom stereocenters. The van der Waals surface area contributed by atoms with E-state index in [0.717, 1.165) is 10.5 Å². The Morgan fingerprint density at radius 1 is 1.22 bits per heavy atom. The zero-order valence-corrected chi connectivity index (χ0v) is 15.9. The van der Waals surface area contributed by atoms with Crippen LogP contribution in [0.25, 0.3) is 0 Å². The lowest BCUT2D eigenvalue weighted by Gasteiger charge is -2.24. The lowest BCUT2D eigenvalue weighted by Crippen LogP contribution is -2.48. The second kappa shape index (κ2) is 8.66. The number of nitrogens with one attached hydrogen (secondary N) is 2. The van der Waals surface area contributed by atoms with Crippen LogP contribution in [0.5, 0.6) is 0 Å². The summed E-state index contributed by atoms with van der Waals surface area (Å²) in [5.41, 5.74) is 1.36. The summed E-state index contributed by atoms with van der Waals surface area (Å²) in [6, 6.07) is 5.58. The maximum absolute atomic E-state index is 12.5. The van der Waals surface area contributed by atoms with Crippen LogP contribution < -0.4 is 10.6 Å². The summed E-state index contributed by atoms with van der Waals surface area (Å²) in [5.74, 6) is -1.95. The fraction of sp³-hybridized carbons (Fsp3) is 0.474. The number of aryl methyl sites for hydroxylation is 1. The van der Waals surface area contributed by atoms with Gasteiger partial charge in [0, 0.05) is 18.7 Å². The molecule has 1 fully saturated rings. The highest BCUT2D eigenvalue weighted by atomic mass is 16.5. The number of carbonyl (C=O) groups is 4. The molecular weight excluding hydrogens is 350 g/mol. The third-order valence-corrected chi connectivity index (χ3v) is 4.25. The van der Waals surface area contributed by atoms with E-state index >= 15 is 0 Å². The van der Waals surface area contributed by atoms with E-state index in [-0.39, 0.29) is 12.5 Å². The highest BCUT2D eigenvalue weighted by molar-refractivity contribution is 5.99. The van der Waals surface area contributed by atoms with Gasteiger partial charge in [-0.3, -0.25) is 14.5 Å². The number of nitrogens with zero attached hydrogens (tertiary/aromatic N) is 1. The first-order valence-electron chi connectivity index (χ1n) is 8.88. The van der Waals surface area contributed by atoms with Gasteiger partial charge in [-0.2, -0.15) is 0 Å². The number of ether oxygens (including phenoxy) is 1. The monoisotopic (exact) mass is 375 g/mol. The SMILES string of the molecule is Cc1cccc(C(=O)N[C@H](C(=O)OC(C)C(=O)N2CCNC2=O)C(C)C)c1. The molecule has 4 amide bonds. The van der Waals surface area contributed by atoms with E-state index in [1.807, 2.05) is 13.0 Å². The number of hydrogen-bond donors (Lipinski definition) is 2. The van der Waals surface area contributed by atoms with Gasteiger partial charge in [0.1, 0.15) is 6.04 Å². The molecule has 0 spiro atoms. The van der Waals surface area contributed by atoms with Gasteiger partial charge in [-0.25, -0.2) is 9.59 Å². The van der Waals surface area contributed by atoms with Crippen molar-refractivity contribution >= 4 is 23.8 Å². The largest absolute Gasteiger partial charge is 0.451 e. The fourth-order valence-electron chi connectivity index (χ4n) is 2.71. The molecule has 1 unspecified atom stereocenters. The molecule has 27 heavy (non-hydrogen) atoms. The number of rotatable bonds is 6. The third kappa shape index (κ3) is 5.06. The Kier molecular flexibility index (Phi) is 6.55. The number of hydrogen-bond acceptors (Lipinski definition) is 5. The van der Waals surface area contributed by atoms with Crippen LogP contribution in [-0.4, -0.2) is 54.0 Å². The summed E-state index contributed by atoms with van der Waals surface area (Å²) in [6.45, 7) is 7.41. The van der Waals surface area contributed by atoms with Gasteiger partial charge in [0.25, 0.3) is 11.8 Å². The molecule has 1 saturated heterocycles. The number of amides is 4. The molecule has 1 heterocycles. The summed E-state index contributed by atoms with van der Waals surface area (Å²) in [4.78, 5) is 49.8. The van der Waals surface area contributed by atoms with Gasteiger partial charge in [0.2, 0.25) is 0 Å². The van der Waals surface area contributed by atoms with Crippen LogP contribution in [0.15, 0.2) is 24.3 Å². The van der Waals surface area contributed by atoms with Crippen LogP contribution in [-0.2, 0) is 14.3 Å². The van der Waals surface area contributed by atoms with E-state index < -0.39 is 36.0 Å². The first-order chi connectivity index (χ1) is 12.7. The quantitative estimate of drug-likeness (QED) is 0.728. The molecule has 0 aromatic heterocycles. The molecular formula is C19H25N3O5. The number of esters is 1. The van der Waals surface area contributed by atoms with Gasteiger partial charge in [0.05, 0.1) is 0 Å². The van der Waals surface area contributed by atoms with E-state index in [9.17, 15) is 19.2 Å². The van der Waals surface area contributed by atoms with Gasteiger partial charge < -0.3 is 15.4 Å². The minimum Gasteiger partial charge on any atom is -0.451 e. The van der Waals surface area contributed by atoms with Crippen LogP contribution in [0.1, 0.15) is 36.7 Å². The maximum atomic E-state index is 12.5. The van der Waals surface area contributed by atoms with Crippen LogP contribution in [0, 0.1) is 12.8 Å². The maximum Gasteiger partial charge on any atom is 0.329 e. The second-order valence-corrected chi connectivity index (χ2v) is 6.87. The molecule has 2 N–H and O–H groups in total. The van der Waals surface area contributed by atoms with E-state index in [2.05, 4.69) is 10.6 Å². The zero-order valence-electron chi connectivity index (χ0n) is 15.9. The second-order valence-electron chi connectivity index (χ2n) is 6.87. The van der Waals surface area contributed by atoms with Crippen molar-refractivity contribution in [1.29, 1.82) is 0 Å². The van der Waals surface area contributed by atoms with E-state index in [0.29, 0.717) is 12.1 Å². The number of benzene rings is 1. The lowest BCUT2D eigenvalue weighted by atomic mass is 10.0. The normalized spacial score (nSPS) is 15.9. The van der Waals surface area contributed by atoms with Crippen molar-refractivity contribution in [3.63, 3.8) is 0 Å². The van der Waals surface area contributed by atoms with Crippen molar-refractivity contribution < 1.29 is 23.9 Å². The van der Waals surface area contributed by atoms with Gasteiger partial charge in [-0.05, 0) is 31.9 Å². The highest BCUT2D eigenvalue weighted by Gasteiger charge is 2.34. The lowest BCUT2D eigenvalue weighted by molar-refractivity contribution is -0.160. The average Bonchev–Trinajstić information content (AvgIpc) is 3.04. The molecule has 0 saturated carbocycles. The number of urea groups is 1. The van der Waals surface area contributed by atoms with Crippen molar-refractivity contribution in [2.24, 2.45) is 5.92 Å². The minimum absolute atomic E-state index is 0.233. The number of imide groups is 1. The summed E-state index contributed by atoms with van der Waals surface area (Å²) in [5, 5.41) is 5.18. The number of carbonyl (C=O) groups excluding carboxylic acids is 4. The zero-order chi connectivity index (χ0) is 20.1. The van der Waals surface area contributed by atoms with E-state index in [1.54, 1.807) is 32.0 Å². The first-order valence-corrected chi connectivity index (χ1v) is 8.88. The molecule has 2 rings (SSSR count). The summed E-state index contributed by atoms with van der Waals surface area (Å²) >= 11 is 0. The topological polar surface area (TPSA) is 105 Å². The van der Waals surface area contributed by atoms with Gasteiger partial charge in [-0.1, -0.05) is 31.5 Å². The Morgan fingerprint density at radius 3 is 2.48 bits per heavy atom. The molecule has 1 aliphatic heterocycles. The van der Waals surface area contributed by atoms with Crippen LogP contribution in [0.3, 0.4) is 0 Å². The molecule has 8 heteroatoms. The molecule has 1 aliphatic rings. The Bertz CT molecular complexity index is 747. The minimum atomic E-state index is -1.13. The van der Waals surface area contributed by atoms with Crippen molar-refractivity contribution in [3.05, 3.63) is 35.4 Å².